The van der Waals surface area contributed by atoms with Gasteiger partial charge in [-0.05, 0) is 63.2 Å². The van der Waals surface area contributed by atoms with Crippen LogP contribution in [0.25, 0.3) is 0 Å². The number of aliphatic hydroxyl groups is 6. The highest BCUT2D eigenvalue weighted by molar-refractivity contribution is 5.31. The summed E-state index contributed by atoms with van der Waals surface area (Å²) >= 11 is 0. The molecule has 198 valence electrons. The maximum atomic E-state index is 12.5. The van der Waals surface area contributed by atoms with Crippen molar-refractivity contribution in [3.8, 4) is 0 Å². The minimum Gasteiger partial charge on any atom is -0.393 e. The Kier molecular flexibility index (Phi) is 4.62. The van der Waals surface area contributed by atoms with Gasteiger partial charge in [-0.15, -0.1) is 0 Å². The molecular weight excluding hydrogens is 450 g/mol. The van der Waals surface area contributed by atoms with E-state index in [1.807, 2.05) is 6.92 Å². The van der Waals surface area contributed by atoms with Gasteiger partial charge in [-0.1, -0.05) is 13.8 Å². The van der Waals surface area contributed by atoms with Crippen molar-refractivity contribution >= 4 is 0 Å². The van der Waals surface area contributed by atoms with E-state index in [0.29, 0.717) is 31.7 Å². The quantitative estimate of drug-likeness (QED) is 0.282. The monoisotopic (exact) mass is 493 g/mol. The first kappa shape index (κ1) is 23.8. The molecule has 6 N–H and O–H groups in total. The molecule has 0 unspecified atom stereocenters. The Morgan fingerprint density at radius 2 is 1.66 bits per heavy atom. The second-order valence-corrected chi connectivity index (χ2v) is 14.2. The Bertz CT molecular complexity index is 931. The normalized spacial score (nSPS) is 67.5. The van der Waals surface area contributed by atoms with Crippen LogP contribution >= 0.6 is 0 Å². The van der Waals surface area contributed by atoms with Gasteiger partial charge in [-0.2, -0.15) is 0 Å². The molecule has 3 aliphatic heterocycles. The Labute approximate surface area is 207 Å². The minimum absolute atomic E-state index is 0.00655. The van der Waals surface area contributed by atoms with E-state index < -0.39 is 58.2 Å². The fourth-order valence-electron chi connectivity index (χ4n) is 11.4. The fraction of sp³-hybridized carbons (Fsp3) is 1.00. The highest BCUT2D eigenvalue weighted by Crippen LogP contribution is 2.76. The van der Waals surface area contributed by atoms with Crippen LogP contribution in [0.2, 0.25) is 0 Å². The van der Waals surface area contributed by atoms with E-state index in [4.69, 9.17) is 4.74 Å². The van der Waals surface area contributed by atoms with Crippen LogP contribution in [-0.4, -0.2) is 95.6 Å². The molecule has 0 radical (unpaired) electrons. The van der Waals surface area contributed by atoms with Crippen LogP contribution in [0.3, 0.4) is 0 Å². The van der Waals surface area contributed by atoms with E-state index >= 15 is 0 Å². The van der Waals surface area contributed by atoms with Crippen LogP contribution in [0.5, 0.6) is 0 Å². The molecule has 3 saturated heterocycles. The average molecular weight is 494 g/mol. The topological polar surface area (TPSA) is 134 Å². The average Bonchev–Trinajstić information content (AvgIpc) is 3.03. The molecular formula is C27H43NO7. The number of aliphatic hydroxyl groups excluding tert-OH is 3. The molecule has 7 aliphatic rings. The lowest BCUT2D eigenvalue weighted by Crippen LogP contribution is -2.72. The van der Waals surface area contributed by atoms with Crippen molar-refractivity contribution in [3.63, 3.8) is 0 Å². The molecule has 15 atom stereocenters. The predicted octanol–water partition coefficient (Wildman–Crippen LogP) is 0.215. The summed E-state index contributed by atoms with van der Waals surface area (Å²) in [7, 11) is 0. The van der Waals surface area contributed by atoms with Crippen molar-refractivity contribution in [3.05, 3.63) is 0 Å². The summed E-state index contributed by atoms with van der Waals surface area (Å²) in [5.41, 5.74) is -3.91. The van der Waals surface area contributed by atoms with Crippen LogP contribution in [-0.2, 0) is 4.74 Å². The maximum Gasteiger partial charge on any atom is 0.196 e. The highest BCUT2D eigenvalue weighted by Gasteiger charge is 2.84. The van der Waals surface area contributed by atoms with E-state index in [-0.39, 0.29) is 36.6 Å². The molecule has 4 aliphatic carbocycles. The van der Waals surface area contributed by atoms with Crippen molar-refractivity contribution in [1.29, 1.82) is 0 Å². The zero-order chi connectivity index (χ0) is 24.9. The predicted molar refractivity (Wildman–Crippen MR) is 125 cm³/mol. The molecule has 4 saturated carbocycles. The highest BCUT2D eigenvalue weighted by atomic mass is 16.7. The van der Waals surface area contributed by atoms with Crippen molar-refractivity contribution in [1.82, 2.24) is 4.90 Å². The van der Waals surface area contributed by atoms with Gasteiger partial charge < -0.3 is 35.4 Å². The molecule has 8 heteroatoms. The number of rotatable bonds is 0. The Morgan fingerprint density at radius 1 is 0.914 bits per heavy atom. The van der Waals surface area contributed by atoms with Gasteiger partial charge in [0.15, 0.2) is 5.79 Å². The van der Waals surface area contributed by atoms with Crippen molar-refractivity contribution in [2.24, 2.45) is 40.9 Å². The first-order valence-electron chi connectivity index (χ1n) is 13.9. The van der Waals surface area contributed by atoms with Crippen LogP contribution < -0.4 is 0 Å². The van der Waals surface area contributed by atoms with Gasteiger partial charge in [0.2, 0.25) is 0 Å². The van der Waals surface area contributed by atoms with Gasteiger partial charge in [-0.3, -0.25) is 4.90 Å². The standard InChI is InChI=1S/C27H43NO7/c1-13-4-5-19-24(3,32)21-14(12-28(19)11-13)15-9-26-22(25(15,33)10-17(21)30)16(29)8-18-23(26,2)7-6-20(31)27(18,34)35-26/h13-22,29-34H,4-12H2,1-3H3/t13-,14-,15-,16+,17-,18-,19-,20-,21+,22-,23-,24+,25-,26+,27-/m0/s1. The largest absolute Gasteiger partial charge is 0.393 e. The van der Waals surface area contributed by atoms with Gasteiger partial charge >= 0.3 is 0 Å². The Hall–Kier alpha value is -0.320. The zero-order valence-corrected chi connectivity index (χ0v) is 21.2. The lowest BCUT2D eigenvalue weighted by molar-refractivity contribution is -0.284. The number of fused-ring (bicyclic) bond motifs is 5. The van der Waals surface area contributed by atoms with Crippen molar-refractivity contribution in [2.45, 2.75) is 113 Å². The van der Waals surface area contributed by atoms with E-state index in [2.05, 4.69) is 18.7 Å². The van der Waals surface area contributed by atoms with E-state index in [1.54, 1.807) is 0 Å². The summed E-state index contributed by atoms with van der Waals surface area (Å²) in [6, 6.07) is -0.00655. The molecule has 0 aromatic rings. The molecule has 35 heavy (non-hydrogen) atoms. The van der Waals surface area contributed by atoms with Crippen LogP contribution in [0.4, 0.5) is 0 Å². The Balaban J connectivity index is 1.34. The van der Waals surface area contributed by atoms with Gasteiger partial charge in [0.25, 0.3) is 0 Å². The molecule has 7 rings (SSSR count). The summed E-state index contributed by atoms with van der Waals surface area (Å²) in [4.78, 5) is 2.37. The Morgan fingerprint density at radius 3 is 2.40 bits per heavy atom. The SMILES string of the molecule is C[C@H]1CC[C@@H]2N(C1)C[C@@H]1[C@H]([C@@H](O)C[C@]3(O)[C@H]1C[C@@]14O[C@@]5(O)[C@@H](C[C@@H](O)[C@@H]31)[C@]4(C)CC[C@@H]5O)[C@]2(C)O. The van der Waals surface area contributed by atoms with Gasteiger partial charge in [0, 0.05) is 48.7 Å². The first-order valence-corrected chi connectivity index (χ1v) is 13.9. The molecule has 0 aromatic carbocycles. The molecule has 4 bridgehead atoms. The smallest absolute Gasteiger partial charge is 0.196 e. The van der Waals surface area contributed by atoms with Crippen LogP contribution in [0, 0.1) is 40.9 Å². The van der Waals surface area contributed by atoms with Crippen LogP contribution in [0.1, 0.15) is 65.7 Å². The number of ether oxygens (including phenoxy) is 1. The zero-order valence-electron chi connectivity index (χ0n) is 21.2. The van der Waals surface area contributed by atoms with Gasteiger partial charge in [-0.25, -0.2) is 0 Å². The van der Waals surface area contributed by atoms with Crippen molar-refractivity contribution < 1.29 is 35.4 Å². The third kappa shape index (κ3) is 2.53. The van der Waals surface area contributed by atoms with E-state index in [1.165, 1.54) is 0 Å². The van der Waals surface area contributed by atoms with Crippen LogP contribution in [0.15, 0.2) is 0 Å². The lowest BCUT2D eigenvalue weighted by atomic mass is 9.49. The summed E-state index contributed by atoms with van der Waals surface area (Å²) < 4.78 is 6.57. The van der Waals surface area contributed by atoms with Gasteiger partial charge in [0.1, 0.15) is 6.10 Å². The second-order valence-electron chi connectivity index (χ2n) is 14.2. The second kappa shape index (κ2) is 6.81. The molecule has 0 aromatic heterocycles. The summed E-state index contributed by atoms with van der Waals surface area (Å²) in [5.74, 6) is -3.06. The van der Waals surface area contributed by atoms with E-state index in [9.17, 15) is 30.6 Å². The number of nitrogens with zero attached hydrogens (tertiary/aromatic N) is 1. The van der Waals surface area contributed by atoms with Crippen molar-refractivity contribution in [2.75, 3.05) is 13.1 Å². The summed E-state index contributed by atoms with van der Waals surface area (Å²) in [6.07, 6.45) is 1.06. The van der Waals surface area contributed by atoms with Gasteiger partial charge in [0.05, 0.1) is 29.0 Å². The molecule has 1 spiro atoms. The lowest BCUT2D eigenvalue weighted by Gasteiger charge is -2.62. The summed E-state index contributed by atoms with van der Waals surface area (Å²) in [6.45, 7) is 7.81. The fourth-order valence-corrected chi connectivity index (χ4v) is 11.4. The van der Waals surface area contributed by atoms with E-state index in [0.717, 1.165) is 19.4 Å². The number of hydrogen-bond acceptors (Lipinski definition) is 8. The maximum absolute atomic E-state index is 12.5. The molecule has 7 fully saturated rings. The molecule has 0 amide bonds. The summed E-state index contributed by atoms with van der Waals surface area (Å²) in [5, 5.41) is 69.7. The molecule has 8 nitrogen and oxygen atoms in total. The first-order chi connectivity index (χ1) is 16.3. The third-order valence-electron chi connectivity index (χ3n) is 12.7. The minimum atomic E-state index is -1.73. The number of piperidine rings is 2. The molecule has 3 heterocycles. The number of hydrogen-bond donors (Lipinski definition) is 6. The third-order valence-corrected chi connectivity index (χ3v) is 12.7.